The maximum Gasteiger partial charge on any atom is -0.0285 e. The van der Waals surface area contributed by atoms with E-state index in [4.69, 9.17) is 0 Å². The Labute approximate surface area is 63.6 Å². The third kappa shape index (κ3) is 2.02. The topological polar surface area (TPSA) is 0 Å². The van der Waals surface area contributed by atoms with Crippen molar-refractivity contribution in [2.45, 2.75) is 33.6 Å². The second kappa shape index (κ2) is 2.61. The van der Waals surface area contributed by atoms with E-state index in [1.165, 1.54) is 18.4 Å². The molecule has 0 saturated heterocycles. The molecule has 0 unspecified atom stereocenters. The molecule has 0 nitrogen and oxygen atoms in total. The van der Waals surface area contributed by atoms with Gasteiger partial charge in [-0.1, -0.05) is 37.6 Å². The summed E-state index contributed by atoms with van der Waals surface area (Å²) in [5.74, 6) is 0. The van der Waals surface area contributed by atoms with Crippen molar-refractivity contribution in [3.8, 4) is 0 Å². The monoisotopic (exact) mass is 136 g/mol. The van der Waals surface area contributed by atoms with Crippen LogP contribution in [-0.2, 0) is 0 Å². The van der Waals surface area contributed by atoms with Crippen molar-refractivity contribution in [3.05, 3.63) is 23.8 Å². The lowest BCUT2D eigenvalue weighted by atomic mass is 9.86. The second-order valence-electron chi connectivity index (χ2n) is 3.92. The van der Waals surface area contributed by atoms with E-state index in [1.54, 1.807) is 0 Å². The highest BCUT2D eigenvalue weighted by atomic mass is 14.2. The summed E-state index contributed by atoms with van der Waals surface area (Å²) < 4.78 is 0. The van der Waals surface area contributed by atoms with Gasteiger partial charge in [-0.3, -0.25) is 0 Å². The Kier molecular flexibility index (Phi) is 1.98. The standard InChI is InChI=1S/C10H16/c1-9-5-4-7-10(2,3)8-6-9/h4-6H,7-8H2,1-3H3. The van der Waals surface area contributed by atoms with E-state index in [9.17, 15) is 0 Å². The normalized spacial score (nSPS) is 23.7. The van der Waals surface area contributed by atoms with Crippen LogP contribution in [0.15, 0.2) is 23.8 Å². The molecule has 0 fully saturated rings. The minimum absolute atomic E-state index is 0.480. The second-order valence-corrected chi connectivity index (χ2v) is 3.92. The van der Waals surface area contributed by atoms with E-state index in [0.29, 0.717) is 5.41 Å². The molecule has 0 bridgehead atoms. The SMILES string of the molecule is CC1=CCC(C)(C)CC=C1. The van der Waals surface area contributed by atoms with Gasteiger partial charge < -0.3 is 0 Å². The van der Waals surface area contributed by atoms with Gasteiger partial charge in [0.25, 0.3) is 0 Å². The van der Waals surface area contributed by atoms with Gasteiger partial charge in [-0.25, -0.2) is 0 Å². The summed E-state index contributed by atoms with van der Waals surface area (Å²) in [7, 11) is 0. The van der Waals surface area contributed by atoms with Crippen molar-refractivity contribution in [2.75, 3.05) is 0 Å². The van der Waals surface area contributed by atoms with E-state index in [-0.39, 0.29) is 0 Å². The van der Waals surface area contributed by atoms with E-state index < -0.39 is 0 Å². The Bertz CT molecular complexity index is 170. The van der Waals surface area contributed by atoms with Crippen LogP contribution in [0.2, 0.25) is 0 Å². The molecule has 10 heavy (non-hydrogen) atoms. The van der Waals surface area contributed by atoms with Gasteiger partial charge in [0.2, 0.25) is 0 Å². The highest BCUT2D eigenvalue weighted by molar-refractivity contribution is 5.19. The van der Waals surface area contributed by atoms with Gasteiger partial charge in [0.15, 0.2) is 0 Å². The number of allylic oxidation sites excluding steroid dienone is 4. The first-order chi connectivity index (χ1) is 4.60. The van der Waals surface area contributed by atoms with E-state index >= 15 is 0 Å². The van der Waals surface area contributed by atoms with Gasteiger partial charge in [-0.15, -0.1) is 0 Å². The van der Waals surface area contributed by atoms with Crippen LogP contribution in [0.5, 0.6) is 0 Å². The highest BCUT2D eigenvalue weighted by Gasteiger charge is 2.15. The van der Waals surface area contributed by atoms with Crippen molar-refractivity contribution >= 4 is 0 Å². The van der Waals surface area contributed by atoms with Gasteiger partial charge >= 0.3 is 0 Å². The summed E-state index contributed by atoms with van der Waals surface area (Å²) in [6, 6.07) is 0. The first kappa shape index (κ1) is 7.59. The fourth-order valence-electron chi connectivity index (χ4n) is 1.15. The molecule has 0 radical (unpaired) electrons. The Hall–Kier alpha value is -0.520. The minimum Gasteiger partial charge on any atom is -0.0837 e. The average Bonchev–Trinajstić information content (AvgIpc) is 1.94. The van der Waals surface area contributed by atoms with E-state index in [0.717, 1.165) is 0 Å². The van der Waals surface area contributed by atoms with Crippen LogP contribution in [0.1, 0.15) is 33.6 Å². The van der Waals surface area contributed by atoms with Crippen molar-refractivity contribution in [1.82, 2.24) is 0 Å². The Morgan fingerprint density at radius 1 is 1.30 bits per heavy atom. The maximum absolute atomic E-state index is 2.32. The molecule has 0 aliphatic heterocycles. The molecule has 1 rings (SSSR count). The molecular weight excluding hydrogens is 120 g/mol. The fraction of sp³-hybridized carbons (Fsp3) is 0.600. The van der Waals surface area contributed by atoms with E-state index in [2.05, 4.69) is 39.0 Å². The van der Waals surface area contributed by atoms with Crippen LogP contribution in [0.3, 0.4) is 0 Å². The lowest BCUT2D eigenvalue weighted by molar-refractivity contribution is 0.378. The Morgan fingerprint density at radius 2 is 2.00 bits per heavy atom. The molecule has 0 heteroatoms. The number of hydrogen-bond donors (Lipinski definition) is 0. The Morgan fingerprint density at radius 3 is 2.70 bits per heavy atom. The first-order valence-electron chi connectivity index (χ1n) is 3.93. The van der Waals surface area contributed by atoms with Gasteiger partial charge in [-0.2, -0.15) is 0 Å². The first-order valence-corrected chi connectivity index (χ1v) is 3.93. The summed E-state index contributed by atoms with van der Waals surface area (Å²) >= 11 is 0. The lowest BCUT2D eigenvalue weighted by Gasteiger charge is -2.19. The summed E-state index contributed by atoms with van der Waals surface area (Å²) in [6.45, 7) is 6.79. The van der Waals surface area contributed by atoms with Crippen molar-refractivity contribution in [2.24, 2.45) is 5.41 Å². The van der Waals surface area contributed by atoms with Crippen LogP contribution >= 0.6 is 0 Å². The Balaban J connectivity index is 2.70. The lowest BCUT2D eigenvalue weighted by Crippen LogP contribution is -2.06. The van der Waals surface area contributed by atoms with Crippen LogP contribution in [0.25, 0.3) is 0 Å². The zero-order valence-corrected chi connectivity index (χ0v) is 7.15. The highest BCUT2D eigenvalue weighted by Crippen LogP contribution is 2.28. The van der Waals surface area contributed by atoms with Gasteiger partial charge in [-0.05, 0) is 25.2 Å². The maximum atomic E-state index is 2.32. The largest absolute Gasteiger partial charge is 0.0837 e. The minimum atomic E-state index is 0.480. The third-order valence-electron chi connectivity index (χ3n) is 2.03. The van der Waals surface area contributed by atoms with Crippen molar-refractivity contribution < 1.29 is 0 Å². The molecule has 0 atom stereocenters. The van der Waals surface area contributed by atoms with Crippen LogP contribution in [0, 0.1) is 5.41 Å². The summed E-state index contributed by atoms with van der Waals surface area (Å²) in [5.41, 5.74) is 1.89. The quantitative estimate of drug-likeness (QED) is 0.479. The summed E-state index contributed by atoms with van der Waals surface area (Å²) in [4.78, 5) is 0. The van der Waals surface area contributed by atoms with Crippen molar-refractivity contribution in [3.63, 3.8) is 0 Å². The molecule has 0 aromatic carbocycles. The number of rotatable bonds is 0. The fourth-order valence-corrected chi connectivity index (χ4v) is 1.15. The third-order valence-corrected chi connectivity index (χ3v) is 2.03. The zero-order valence-electron chi connectivity index (χ0n) is 7.15. The predicted octanol–water partition coefficient (Wildman–Crippen LogP) is 3.31. The van der Waals surface area contributed by atoms with Crippen LogP contribution in [-0.4, -0.2) is 0 Å². The van der Waals surface area contributed by atoms with Crippen LogP contribution in [0.4, 0.5) is 0 Å². The molecule has 1 aliphatic carbocycles. The van der Waals surface area contributed by atoms with Crippen molar-refractivity contribution in [1.29, 1.82) is 0 Å². The predicted molar refractivity (Wildman–Crippen MR) is 45.9 cm³/mol. The average molecular weight is 136 g/mol. The molecule has 0 amide bonds. The molecule has 0 aromatic rings. The van der Waals surface area contributed by atoms with Crippen LogP contribution < -0.4 is 0 Å². The summed E-state index contributed by atoms with van der Waals surface area (Å²) in [5, 5.41) is 0. The molecule has 0 N–H and O–H groups in total. The van der Waals surface area contributed by atoms with E-state index in [1.807, 2.05) is 0 Å². The molecule has 56 valence electrons. The molecule has 0 saturated carbocycles. The van der Waals surface area contributed by atoms with Gasteiger partial charge in [0, 0.05) is 0 Å². The summed E-state index contributed by atoms with van der Waals surface area (Å²) in [6.07, 6.45) is 9.24. The smallest absolute Gasteiger partial charge is 0.0285 e. The molecule has 0 heterocycles. The zero-order chi connectivity index (χ0) is 7.61. The molecule has 0 aromatic heterocycles. The molecule has 1 aliphatic rings. The van der Waals surface area contributed by atoms with Gasteiger partial charge in [0.1, 0.15) is 0 Å². The molecule has 0 spiro atoms. The molecular formula is C10H16. The number of hydrogen-bond acceptors (Lipinski definition) is 0. The van der Waals surface area contributed by atoms with Gasteiger partial charge in [0.05, 0.1) is 0 Å².